The molecule has 1 fully saturated rings. The molecule has 1 amide bonds. The second kappa shape index (κ2) is 7.07. The zero-order valence-corrected chi connectivity index (χ0v) is 12.2. The molecular formula is C14H22N4O2. The number of nitrogens with zero attached hydrogens (tertiary/aromatic N) is 3. The van der Waals surface area contributed by atoms with E-state index in [1.54, 1.807) is 6.07 Å². The van der Waals surface area contributed by atoms with Crippen LogP contribution >= 0.6 is 0 Å². The number of ether oxygens (including phenoxy) is 1. The molecule has 1 aromatic rings. The van der Waals surface area contributed by atoms with E-state index in [9.17, 15) is 4.79 Å². The summed E-state index contributed by atoms with van der Waals surface area (Å²) < 4.78 is 5.36. The fourth-order valence-electron chi connectivity index (χ4n) is 2.25. The summed E-state index contributed by atoms with van der Waals surface area (Å²) in [7, 11) is 0. The normalized spacial score (nSPS) is 15.0. The summed E-state index contributed by atoms with van der Waals surface area (Å²) in [6.45, 7) is 6.29. The highest BCUT2D eigenvalue weighted by Gasteiger charge is 2.16. The fourth-order valence-corrected chi connectivity index (χ4v) is 2.25. The summed E-state index contributed by atoms with van der Waals surface area (Å²) in [5, 5.41) is 2.99. The van der Waals surface area contributed by atoms with Crippen LogP contribution in [0.1, 0.15) is 31.9 Å². The first-order chi connectivity index (χ1) is 9.69. The molecule has 20 heavy (non-hydrogen) atoms. The number of carbonyl (C=O) groups excluding carboxylic acids is 1. The standard InChI is InChI=1S/C14H22N4O2/c1-3-20-12-9-11(2)16-14(17-12)15-10-13(19)18-7-5-4-6-8-18/h9H,3-8,10H2,1-2H3,(H,15,16,17). The molecule has 1 aliphatic rings. The maximum atomic E-state index is 12.0. The van der Waals surface area contributed by atoms with Crippen LogP contribution in [0.25, 0.3) is 0 Å². The van der Waals surface area contributed by atoms with Gasteiger partial charge in [-0.3, -0.25) is 4.79 Å². The molecule has 6 heteroatoms. The molecular weight excluding hydrogens is 256 g/mol. The van der Waals surface area contributed by atoms with Gasteiger partial charge in [0.15, 0.2) is 0 Å². The van der Waals surface area contributed by atoms with Crippen molar-refractivity contribution in [3.8, 4) is 5.88 Å². The van der Waals surface area contributed by atoms with Crippen LogP contribution in [0.2, 0.25) is 0 Å². The van der Waals surface area contributed by atoms with E-state index in [2.05, 4.69) is 15.3 Å². The molecule has 1 aromatic heterocycles. The Balaban J connectivity index is 1.90. The van der Waals surface area contributed by atoms with Gasteiger partial charge in [0.1, 0.15) is 0 Å². The lowest BCUT2D eigenvalue weighted by Gasteiger charge is -2.26. The van der Waals surface area contributed by atoms with Gasteiger partial charge < -0.3 is 15.0 Å². The number of rotatable bonds is 5. The summed E-state index contributed by atoms with van der Waals surface area (Å²) in [4.78, 5) is 22.4. The van der Waals surface area contributed by atoms with Gasteiger partial charge in [0.2, 0.25) is 17.7 Å². The number of likely N-dealkylation sites (tertiary alicyclic amines) is 1. The van der Waals surface area contributed by atoms with Crippen molar-refractivity contribution in [3.63, 3.8) is 0 Å². The van der Waals surface area contributed by atoms with Crippen LogP contribution in [-0.2, 0) is 4.79 Å². The maximum Gasteiger partial charge on any atom is 0.241 e. The summed E-state index contributed by atoms with van der Waals surface area (Å²) in [5.41, 5.74) is 0.816. The highest BCUT2D eigenvalue weighted by Crippen LogP contribution is 2.12. The Morgan fingerprint density at radius 3 is 2.80 bits per heavy atom. The van der Waals surface area contributed by atoms with Crippen LogP contribution in [0.5, 0.6) is 5.88 Å². The van der Waals surface area contributed by atoms with Crippen molar-refractivity contribution in [1.82, 2.24) is 14.9 Å². The molecule has 6 nitrogen and oxygen atoms in total. The highest BCUT2D eigenvalue weighted by atomic mass is 16.5. The molecule has 110 valence electrons. The molecule has 1 N–H and O–H groups in total. The van der Waals surface area contributed by atoms with Crippen LogP contribution < -0.4 is 10.1 Å². The van der Waals surface area contributed by atoms with Crippen LogP contribution in [0, 0.1) is 6.92 Å². The largest absolute Gasteiger partial charge is 0.478 e. The number of piperidine rings is 1. The zero-order chi connectivity index (χ0) is 14.4. The molecule has 0 saturated carbocycles. The molecule has 2 rings (SSSR count). The Labute approximate surface area is 119 Å². The Kier molecular flexibility index (Phi) is 5.15. The number of aromatic nitrogens is 2. The fraction of sp³-hybridized carbons (Fsp3) is 0.643. The van der Waals surface area contributed by atoms with Crippen LogP contribution in [-0.4, -0.2) is 47.0 Å². The van der Waals surface area contributed by atoms with Crippen molar-refractivity contribution in [1.29, 1.82) is 0 Å². The average Bonchev–Trinajstić information content (AvgIpc) is 2.45. The molecule has 0 bridgehead atoms. The van der Waals surface area contributed by atoms with E-state index < -0.39 is 0 Å². The monoisotopic (exact) mass is 278 g/mol. The minimum absolute atomic E-state index is 0.104. The van der Waals surface area contributed by atoms with Gasteiger partial charge in [-0.1, -0.05) is 0 Å². The van der Waals surface area contributed by atoms with Gasteiger partial charge in [0.25, 0.3) is 0 Å². The second-order valence-electron chi connectivity index (χ2n) is 4.90. The summed E-state index contributed by atoms with van der Waals surface area (Å²) in [6, 6.07) is 1.78. The topological polar surface area (TPSA) is 67.3 Å². The van der Waals surface area contributed by atoms with Crippen molar-refractivity contribution in [2.24, 2.45) is 0 Å². The minimum atomic E-state index is 0.104. The van der Waals surface area contributed by atoms with Gasteiger partial charge in [0.05, 0.1) is 13.2 Å². The number of carbonyl (C=O) groups is 1. The number of hydrogen-bond acceptors (Lipinski definition) is 5. The molecule has 0 aromatic carbocycles. The first kappa shape index (κ1) is 14.6. The number of aryl methyl sites for hydroxylation is 1. The molecule has 0 aliphatic carbocycles. The zero-order valence-electron chi connectivity index (χ0n) is 12.2. The summed E-state index contributed by atoms with van der Waals surface area (Å²) >= 11 is 0. The summed E-state index contributed by atoms with van der Waals surface area (Å²) in [5.74, 6) is 1.08. The van der Waals surface area contributed by atoms with Gasteiger partial charge in [-0.25, -0.2) is 4.98 Å². The van der Waals surface area contributed by atoms with Gasteiger partial charge in [-0.15, -0.1) is 0 Å². The maximum absolute atomic E-state index is 12.0. The van der Waals surface area contributed by atoms with E-state index >= 15 is 0 Å². The average molecular weight is 278 g/mol. The van der Waals surface area contributed by atoms with E-state index in [1.165, 1.54) is 6.42 Å². The number of hydrogen-bond donors (Lipinski definition) is 1. The van der Waals surface area contributed by atoms with Crippen molar-refractivity contribution >= 4 is 11.9 Å². The molecule has 1 saturated heterocycles. The van der Waals surface area contributed by atoms with Gasteiger partial charge >= 0.3 is 0 Å². The van der Waals surface area contributed by atoms with Crippen LogP contribution in [0.3, 0.4) is 0 Å². The van der Waals surface area contributed by atoms with E-state index in [-0.39, 0.29) is 12.5 Å². The van der Waals surface area contributed by atoms with Gasteiger partial charge in [-0.05, 0) is 33.1 Å². The number of nitrogens with one attached hydrogen (secondary N) is 1. The first-order valence-electron chi connectivity index (χ1n) is 7.19. The lowest BCUT2D eigenvalue weighted by Crippen LogP contribution is -2.39. The van der Waals surface area contributed by atoms with Crippen LogP contribution in [0.15, 0.2) is 6.07 Å². The second-order valence-corrected chi connectivity index (χ2v) is 4.90. The molecule has 0 spiro atoms. The van der Waals surface area contributed by atoms with Gasteiger partial charge in [0, 0.05) is 24.8 Å². The third kappa shape index (κ3) is 4.08. The predicted octanol–water partition coefficient (Wildman–Crippen LogP) is 1.61. The van der Waals surface area contributed by atoms with Crippen molar-refractivity contribution in [3.05, 3.63) is 11.8 Å². The molecule has 1 aliphatic heterocycles. The Bertz CT molecular complexity index is 458. The van der Waals surface area contributed by atoms with E-state index in [0.29, 0.717) is 18.4 Å². The van der Waals surface area contributed by atoms with Crippen molar-refractivity contribution in [2.45, 2.75) is 33.1 Å². The minimum Gasteiger partial charge on any atom is -0.478 e. The smallest absolute Gasteiger partial charge is 0.241 e. The first-order valence-corrected chi connectivity index (χ1v) is 7.19. The Hall–Kier alpha value is -1.85. The SMILES string of the molecule is CCOc1cc(C)nc(NCC(=O)N2CCCCC2)n1. The van der Waals surface area contributed by atoms with E-state index in [1.807, 2.05) is 18.7 Å². The third-order valence-corrected chi connectivity index (χ3v) is 3.23. The highest BCUT2D eigenvalue weighted by molar-refractivity contribution is 5.80. The lowest BCUT2D eigenvalue weighted by atomic mass is 10.1. The number of amides is 1. The third-order valence-electron chi connectivity index (χ3n) is 3.23. The summed E-state index contributed by atoms with van der Waals surface area (Å²) in [6.07, 6.45) is 3.41. The molecule has 2 heterocycles. The molecule has 0 radical (unpaired) electrons. The molecule has 0 atom stereocenters. The lowest BCUT2D eigenvalue weighted by molar-refractivity contribution is -0.130. The van der Waals surface area contributed by atoms with Crippen molar-refractivity contribution in [2.75, 3.05) is 31.6 Å². The van der Waals surface area contributed by atoms with E-state index in [4.69, 9.17) is 4.74 Å². The molecule has 0 unspecified atom stereocenters. The Morgan fingerprint density at radius 2 is 2.10 bits per heavy atom. The van der Waals surface area contributed by atoms with Crippen LogP contribution in [0.4, 0.5) is 5.95 Å². The van der Waals surface area contributed by atoms with Crippen molar-refractivity contribution < 1.29 is 9.53 Å². The van der Waals surface area contributed by atoms with Gasteiger partial charge in [-0.2, -0.15) is 4.98 Å². The van der Waals surface area contributed by atoms with E-state index in [0.717, 1.165) is 31.6 Å². The Morgan fingerprint density at radius 1 is 1.35 bits per heavy atom. The number of anilines is 1. The predicted molar refractivity (Wildman–Crippen MR) is 76.9 cm³/mol. The quantitative estimate of drug-likeness (QED) is 0.886.